The van der Waals surface area contributed by atoms with Gasteiger partial charge in [-0.3, -0.25) is 4.79 Å². The number of unbranched alkanes of at least 4 members (excludes halogenated alkanes) is 1. The van der Waals surface area contributed by atoms with Gasteiger partial charge in [-0.2, -0.15) is 0 Å². The van der Waals surface area contributed by atoms with Crippen molar-refractivity contribution in [2.45, 2.75) is 24.8 Å². The number of aromatic amines is 1. The van der Waals surface area contributed by atoms with Crippen molar-refractivity contribution in [1.29, 1.82) is 0 Å². The van der Waals surface area contributed by atoms with Gasteiger partial charge in [-0.05, 0) is 18.2 Å². The average molecular weight is 183 g/mol. The van der Waals surface area contributed by atoms with Crippen LogP contribution in [0.1, 0.15) is 19.8 Å². The zero-order valence-electron chi connectivity index (χ0n) is 7.17. The second-order valence-electron chi connectivity index (χ2n) is 2.58. The third-order valence-corrected chi connectivity index (χ3v) is 2.54. The smallest absolute Gasteiger partial charge is 0.248 e. The van der Waals surface area contributed by atoms with Gasteiger partial charge in [0.2, 0.25) is 5.56 Å². The average Bonchev–Trinajstić information content (AvgIpc) is 2.05. The highest BCUT2D eigenvalue weighted by Crippen LogP contribution is 2.14. The third kappa shape index (κ3) is 3.13. The van der Waals surface area contributed by atoms with Crippen LogP contribution in [0.2, 0.25) is 0 Å². The predicted octanol–water partition coefficient (Wildman–Crippen LogP) is 2.27. The number of thioether (sulfide) groups is 1. The van der Waals surface area contributed by atoms with Gasteiger partial charge >= 0.3 is 0 Å². The Labute approximate surface area is 76.4 Å². The van der Waals surface area contributed by atoms with Gasteiger partial charge in [0.1, 0.15) is 0 Å². The van der Waals surface area contributed by atoms with Gasteiger partial charge in [-0.15, -0.1) is 11.8 Å². The Bertz CT molecular complexity index is 282. The van der Waals surface area contributed by atoms with E-state index < -0.39 is 0 Å². The minimum atomic E-state index is -0.0171. The minimum Gasteiger partial charge on any atom is -0.317 e. The fourth-order valence-corrected chi connectivity index (χ4v) is 1.84. The lowest BCUT2D eigenvalue weighted by atomic mass is 10.4. The first kappa shape index (κ1) is 9.39. The number of rotatable bonds is 4. The van der Waals surface area contributed by atoms with Crippen LogP contribution in [0.5, 0.6) is 0 Å². The molecule has 0 aliphatic carbocycles. The summed E-state index contributed by atoms with van der Waals surface area (Å²) in [6, 6.07) is 5.25. The lowest BCUT2D eigenvalue weighted by Crippen LogP contribution is -2.02. The van der Waals surface area contributed by atoms with Crippen LogP contribution in [0.15, 0.2) is 28.0 Å². The summed E-state index contributed by atoms with van der Waals surface area (Å²) >= 11 is 1.70. The molecule has 1 aromatic heterocycles. The molecule has 0 bridgehead atoms. The highest BCUT2D eigenvalue weighted by atomic mass is 32.2. The van der Waals surface area contributed by atoms with Gasteiger partial charge in [0.25, 0.3) is 0 Å². The Balaban J connectivity index is 2.47. The molecular weight excluding hydrogens is 170 g/mol. The lowest BCUT2D eigenvalue weighted by molar-refractivity contribution is 0.894. The largest absolute Gasteiger partial charge is 0.317 e. The van der Waals surface area contributed by atoms with E-state index in [-0.39, 0.29) is 5.56 Å². The summed E-state index contributed by atoms with van der Waals surface area (Å²) in [6.45, 7) is 2.16. The van der Waals surface area contributed by atoms with E-state index in [0.717, 1.165) is 10.8 Å². The van der Waals surface area contributed by atoms with Crippen molar-refractivity contribution in [2.24, 2.45) is 0 Å². The van der Waals surface area contributed by atoms with Crippen molar-refractivity contribution < 1.29 is 0 Å². The molecule has 0 radical (unpaired) electrons. The fraction of sp³-hybridized carbons (Fsp3) is 0.444. The second kappa shape index (κ2) is 5.04. The van der Waals surface area contributed by atoms with Crippen LogP contribution in [0.3, 0.4) is 0 Å². The molecule has 1 heterocycles. The minimum absolute atomic E-state index is 0.0171. The second-order valence-corrected chi connectivity index (χ2v) is 3.72. The monoisotopic (exact) mass is 183 g/mol. The summed E-state index contributed by atoms with van der Waals surface area (Å²) in [6.07, 6.45) is 2.39. The number of hydrogen-bond acceptors (Lipinski definition) is 2. The normalized spacial score (nSPS) is 10.1. The molecule has 1 rings (SSSR count). The Hall–Kier alpha value is -0.700. The maximum Gasteiger partial charge on any atom is 0.248 e. The van der Waals surface area contributed by atoms with E-state index in [2.05, 4.69) is 11.9 Å². The number of nitrogens with one attached hydrogen (secondary N) is 1. The number of H-pyrrole nitrogens is 1. The van der Waals surface area contributed by atoms with E-state index in [1.54, 1.807) is 17.8 Å². The molecule has 0 aliphatic rings. The summed E-state index contributed by atoms with van der Waals surface area (Å²) in [7, 11) is 0. The van der Waals surface area contributed by atoms with E-state index in [4.69, 9.17) is 0 Å². The van der Waals surface area contributed by atoms with Gasteiger partial charge < -0.3 is 4.98 Å². The van der Waals surface area contributed by atoms with E-state index in [0.29, 0.717) is 0 Å². The number of hydrogen-bond donors (Lipinski definition) is 1. The van der Waals surface area contributed by atoms with Crippen molar-refractivity contribution in [3.8, 4) is 0 Å². The first-order chi connectivity index (χ1) is 5.83. The Morgan fingerprint density at radius 3 is 3.00 bits per heavy atom. The van der Waals surface area contributed by atoms with Crippen LogP contribution in [0, 0.1) is 0 Å². The molecule has 2 nitrogen and oxygen atoms in total. The van der Waals surface area contributed by atoms with Gasteiger partial charge in [-0.25, -0.2) is 0 Å². The van der Waals surface area contributed by atoms with Gasteiger partial charge in [0.15, 0.2) is 0 Å². The molecule has 0 spiro atoms. The molecular formula is C9H13NOS. The quantitative estimate of drug-likeness (QED) is 0.573. The van der Waals surface area contributed by atoms with E-state index in [9.17, 15) is 4.79 Å². The van der Waals surface area contributed by atoms with Crippen molar-refractivity contribution in [3.63, 3.8) is 0 Å². The number of pyridine rings is 1. The molecule has 0 saturated heterocycles. The van der Waals surface area contributed by atoms with Crippen molar-refractivity contribution >= 4 is 11.8 Å². The molecule has 0 saturated carbocycles. The van der Waals surface area contributed by atoms with Crippen molar-refractivity contribution in [3.05, 3.63) is 28.6 Å². The molecule has 0 amide bonds. The third-order valence-electron chi connectivity index (χ3n) is 1.50. The fourth-order valence-electron chi connectivity index (χ4n) is 0.838. The highest BCUT2D eigenvalue weighted by Gasteiger charge is 1.92. The summed E-state index contributed by atoms with van der Waals surface area (Å²) in [5.41, 5.74) is -0.0171. The molecule has 0 unspecified atom stereocenters. The molecule has 66 valence electrons. The lowest BCUT2D eigenvalue weighted by Gasteiger charge is -1.98. The Morgan fingerprint density at radius 2 is 2.33 bits per heavy atom. The zero-order chi connectivity index (χ0) is 8.81. The SMILES string of the molecule is CCCCSc1cccc(=O)[nH]1. The molecule has 0 atom stereocenters. The van der Waals surface area contributed by atoms with Crippen LogP contribution in [0.4, 0.5) is 0 Å². The standard InChI is InChI=1S/C9H13NOS/c1-2-3-7-12-9-6-4-5-8(11)10-9/h4-6H,2-3,7H2,1H3,(H,10,11). The summed E-state index contributed by atoms with van der Waals surface area (Å²) in [5.74, 6) is 1.08. The molecule has 0 aliphatic heterocycles. The molecule has 1 N–H and O–H groups in total. The van der Waals surface area contributed by atoms with Crippen LogP contribution in [0.25, 0.3) is 0 Å². The number of aromatic nitrogens is 1. The molecule has 12 heavy (non-hydrogen) atoms. The Kier molecular flexibility index (Phi) is 3.94. The van der Waals surface area contributed by atoms with E-state index in [1.807, 2.05) is 6.07 Å². The molecule has 0 aromatic carbocycles. The van der Waals surface area contributed by atoms with E-state index >= 15 is 0 Å². The predicted molar refractivity (Wildman–Crippen MR) is 52.7 cm³/mol. The first-order valence-corrected chi connectivity index (χ1v) is 5.13. The van der Waals surface area contributed by atoms with Crippen LogP contribution in [-0.2, 0) is 0 Å². The van der Waals surface area contributed by atoms with E-state index in [1.165, 1.54) is 18.9 Å². The maximum absolute atomic E-state index is 10.9. The highest BCUT2D eigenvalue weighted by molar-refractivity contribution is 7.99. The summed E-state index contributed by atoms with van der Waals surface area (Å²) in [4.78, 5) is 13.6. The van der Waals surface area contributed by atoms with Gasteiger partial charge in [0, 0.05) is 6.07 Å². The Morgan fingerprint density at radius 1 is 1.50 bits per heavy atom. The zero-order valence-corrected chi connectivity index (χ0v) is 7.99. The maximum atomic E-state index is 10.9. The molecule has 1 aromatic rings. The topological polar surface area (TPSA) is 32.9 Å². The van der Waals surface area contributed by atoms with Crippen LogP contribution >= 0.6 is 11.8 Å². The van der Waals surface area contributed by atoms with Crippen molar-refractivity contribution in [1.82, 2.24) is 4.98 Å². The molecule has 3 heteroatoms. The van der Waals surface area contributed by atoms with Gasteiger partial charge in [-0.1, -0.05) is 19.4 Å². The van der Waals surface area contributed by atoms with Gasteiger partial charge in [0.05, 0.1) is 5.03 Å². The van der Waals surface area contributed by atoms with Crippen LogP contribution < -0.4 is 5.56 Å². The van der Waals surface area contributed by atoms with Crippen molar-refractivity contribution in [2.75, 3.05) is 5.75 Å². The first-order valence-electron chi connectivity index (χ1n) is 4.15. The molecule has 0 fully saturated rings. The van der Waals surface area contributed by atoms with Crippen LogP contribution in [-0.4, -0.2) is 10.7 Å². The summed E-state index contributed by atoms with van der Waals surface area (Å²) in [5, 5.41) is 0.968. The summed E-state index contributed by atoms with van der Waals surface area (Å²) < 4.78 is 0.